The van der Waals surface area contributed by atoms with Crippen LogP contribution in [-0.2, 0) is 14.8 Å². The third-order valence-corrected chi connectivity index (χ3v) is 4.95. The Bertz CT molecular complexity index is 930. The molecule has 0 aliphatic carbocycles. The van der Waals surface area contributed by atoms with E-state index in [-0.39, 0.29) is 18.0 Å². The van der Waals surface area contributed by atoms with Crippen molar-refractivity contribution in [2.45, 2.75) is 13.0 Å². The maximum absolute atomic E-state index is 13.7. The minimum absolute atomic E-state index is 0.0108. The highest BCUT2D eigenvalue weighted by atomic mass is 32.2. The number of fused-ring (bicyclic) bond motifs is 1. The maximum atomic E-state index is 13.7. The molecule has 0 saturated carbocycles. The zero-order chi connectivity index (χ0) is 18.2. The summed E-state index contributed by atoms with van der Waals surface area (Å²) in [5.41, 5.74) is 1.26. The Kier molecular flexibility index (Phi) is 4.38. The highest BCUT2D eigenvalue weighted by Gasteiger charge is 2.35. The van der Waals surface area contributed by atoms with Crippen molar-refractivity contribution in [2.75, 3.05) is 22.4 Å². The van der Waals surface area contributed by atoms with Gasteiger partial charge in [-0.1, -0.05) is 18.2 Å². The molecule has 2 aromatic rings. The average molecular weight is 364 g/mol. The Balaban J connectivity index is 1.90. The summed E-state index contributed by atoms with van der Waals surface area (Å²) in [6.45, 7) is 1.65. The molecule has 3 rings (SSSR count). The van der Waals surface area contributed by atoms with Gasteiger partial charge in [0, 0.05) is 0 Å². The molecule has 8 heteroatoms. The van der Waals surface area contributed by atoms with Gasteiger partial charge in [0.15, 0.2) is 6.10 Å². The van der Waals surface area contributed by atoms with E-state index in [2.05, 4.69) is 5.32 Å². The molecule has 1 atom stereocenters. The number of nitrogens with zero attached hydrogens (tertiary/aromatic N) is 1. The zero-order valence-electron chi connectivity index (χ0n) is 13.7. The van der Waals surface area contributed by atoms with Crippen LogP contribution in [0.25, 0.3) is 0 Å². The number of carbonyl (C=O) groups is 1. The lowest BCUT2D eigenvalue weighted by Crippen LogP contribution is -2.48. The number of hydrogen-bond donors (Lipinski definition) is 1. The van der Waals surface area contributed by atoms with Crippen molar-refractivity contribution in [1.82, 2.24) is 0 Å². The number of para-hydroxylation sites is 1. The lowest BCUT2D eigenvalue weighted by molar-refractivity contribution is -0.122. The second-order valence-electron chi connectivity index (χ2n) is 5.84. The molecular formula is C17H17FN2O4S. The van der Waals surface area contributed by atoms with E-state index >= 15 is 0 Å². The normalized spacial score (nSPS) is 16.8. The molecule has 1 N–H and O–H groups in total. The molecule has 0 bridgehead atoms. The van der Waals surface area contributed by atoms with Crippen molar-refractivity contribution >= 4 is 27.3 Å². The highest BCUT2D eigenvalue weighted by molar-refractivity contribution is 7.92. The van der Waals surface area contributed by atoms with Gasteiger partial charge in [-0.15, -0.1) is 0 Å². The van der Waals surface area contributed by atoms with Crippen molar-refractivity contribution in [3.63, 3.8) is 0 Å². The molecule has 2 aromatic carbocycles. The number of sulfonamides is 1. The first kappa shape index (κ1) is 17.2. The van der Waals surface area contributed by atoms with E-state index in [1.54, 1.807) is 24.3 Å². The molecule has 1 aliphatic rings. The van der Waals surface area contributed by atoms with Gasteiger partial charge in [-0.2, -0.15) is 0 Å². The smallest absolute Gasteiger partial charge is 0.267 e. The fourth-order valence-corrected chi connectivity index (χ4v) is 3.49. The van der Waals surface area contributed by atoms with E-state index in [1.807, 2.05) is 6.92 Å². The number of amides is 1. The van der Waals surface area contributed by atoms with Crippen LogP contribution in [0.1, 0.15) is 5.56 Å². The number of halogens is 1. The van der Waals surface area contributed by atoms with Crippen LogP contribution in [0.15, 0.2) is 42.5 Å². The summed E-state index contributed by atoms with van der Waals surface area (Å²) in [4.78, 5) is 12.4. The summed E-state index contributed by atoms with van der Waals surface area (Å²) in [6, 6.07) is 10.8. The zero-order valence-corrected chi connectivity index (χ0v) is 14.5. The first-order valence-electron chi connectivity index (χ1n) is 7.56. The fraction of sp³-hybridized carbons (Fsp3) is 0.235. The molecule has 0 spiro atoms. The van der Waals surface area contributed by atoms with Gasteiger partial charge in [0.1, 0.15) is 11.6 Å². The Labute approximate surface area is 145 Å². The van der Waals surface area contributed by atoms with Crippen LogP contribution in [0.2, 0.25) is 0 Å². The molecule has 0 saturated heterocycles. The van der Waals surface area contributed by atoms with E-state index in [4.69, 9.17) is 4.74 Å². The van der Waals surface area contributed by atoms with Crippen molar-refractivity contribution in [2.24, 2.45) is 0 Å². The molecule has 1 heterocycles. The molecule has 1 unspecified atom stereocenters. The monoisotopic (exact) mass is 364 g/mol. The van der Waals surface area contributed by atoms with Crippen molar-refractivity contribution < 1.29 is 22.3 Å². The van der Waals surface area contributed by atoms with E-state index in [0.717, 1.165) is 16.1 Å². The molecule has 132 valence electrons. The van der Waals surface area contributed by atoms with Crippen molar-refractivity contribution in [3.8, 4) is 5.75 Å². The molecule has 6 nitrogen and oxygen atoms in total. The number of hydrogen-bond acceptors (Lipinski definition) is 4. The second kappa shape index (κ2) is 6.36. The van der Waals surface area contributed by atoms with Crippen LogP contribution in [0, 0.1) is 12.7 Å². The van der Waals surface area contributed by atoms with E-state index < -0.39 is 27.9 Å². The lowest BCUT2D eigenvalue weighted by Gasteiger charge is -2.34. The molecule has 1 amide bonds. The third kappa shape index (κ3) is 3.58. The summed E-state index contributed by atoms with van der Waals surface area (Å²) >= 11 is 0. The minimum Gasteiger partial charge on any atom is -0.476 e. The van der Waals surface area contributed by atoms with E-state index in [0.29, 0.717) is 5.69 Å². The van der Waals surface area contributed by atoms with Crippen LogP contribution < -0.4 is 14.4 Å². The minimum atomic E-state index is -3.60. The quantitative estimate of drug-likeness (QED) is 0.907. The SMILES string of the molecule is Cc1ccc2c(c1)N(S(C)(=O)=O)CC(C(=O)Nc1ccccc1F)O2. The van der Waals surface area contributed by atoms with Crippen molar-refractivity contribution in [1.29, 1.82) is 0 Å². The Morgan fingerprint density at radius 3 is 2.68 bits per heavy atom. The van der Waals surface area contributed by atoms with Gasteiger partial charge in [0.25, 0.3) is 5.91 Å². The molecule has 1 aliphatic heterocycles. The Hall–Kier alpha value is -2.61. The van der Waals surface area contributed by atoms with Crippen LogP contribution in [0.3, 0.4) is 0 Å². The van der Waals surface area contributed by atoms with Gasteiger partial charge in [0.2, 0.25) is 10.0 Å². The van der Waals surface area contributed by atoms with Crippen LogP contribution in [0.4, 0.5) is 15.8 Å². The van der Waals surface area contributed by atoms with E-state index in [1.165, 1.54) is 18.2 Å². The van der Waals surface area contributed by atoms with Crippen LogP contribution in [0.5, 0.6) is 5.75 Å². The Morgan fingerprint density at radius 1 is 1.28 bits per heavy atom. The van der Waals surface area contributed by atoms with Crippen LogP contribution in [-0.4, -0.2) is 33.2 Å². The van der Waals surface area contributed by atoms with Gasteiger partial charge in [-0.25, -0.2) is 12.8 Å². The number of anilines is 2. The number of rotatable bonds is 3. The highest BCUT2D eigenvalue weighted by Crippen LogP contribution is 2.36. The number of ether oxygens (including phenoxy) is 1. The van der Waals surface area contributed by atoms with Gasteiger partial charge in [-0.3, -0.25) is 9.10 Å². The fourth-order valence-electron chi connectivity index (χ4n) is 2.59. The summed E-state index contributed by atoms with van der Waals surface area (Å²) in [5.74, 6) is -0.913. The summed E-state index contributed by atoms with van der Waals surface area (Å²) in [6.07, 6.45) is -0.0273. The number of carbonyl (C=O) groups excluding carboxylic acids is 1. The van der Waals surface area contributed by atoms with Crippen molar-refractivity contribution in [3.05, 3.63) is 53.8 Å². The third-order valence-electron chi connectivity index (χ3n) is 3.81. The first-order valence-corrected chi connectivity index (χ1v) is 9.41. The molecule has 0 aromatic heterocycles. The number of nitrogens with one attached hydrogen (secondary N) is 1. The van der Waals surface area contributed by atoms with Gasteiger partial charge in [0.05, 0.1) is 24.2 Å². The topological polar surface area (TPSA) is 75.7 Å². The predicted octanol–water partition coefficient (Wildman–Crippen LogP) is 2.30. The molecular weight excluding hydrogens is 347 g/mol. The Morgan fingerprint density at radius 2 is 2.00 bits per heavy atom. The summed E-state index contributed by atoms with van der Waals surface area (Å²) < 4.78 is 44.7. The largest absolute Gasteiger partial charge is 0.476 e. The van der Waals surface area contributed by atoms with Gasteiger partial charge in [-0.05, 0) is 36.8 Å². The number of benzene rings is 2. The lowest BCUT2D eigenvalue weighted by atomic mass is 10.1. The molecule has 0 fully saturated rings. The standard InChI is InChI=1S/C17H17FN2O4S/c1-11-7-8-15-14(9-11)20(25(2,22)23)10-16(24-15)17(21)19-13-6-4-3-5-12(13)18/h3-9,16H,10H2,1-2H3,(H,19,21). The van der Waals surface area contributed by atoms with E-state index in [9.17, 15) is 17.6 Å². The second-order valence-corrected chi connectivity index (χ2v) is 7.75. The maximum Gasteiger partial charge on any atom is 0.267 e. The first-order chi connectivity index (χ1) is 11.8. The number of aryl methyl sites for hydroxylation is 1. The van der Waals surface area contributed by atoms with Crippen LogP contribution >= 0.6 is 0 Å². The average Bonchev–Trinajstić information content (AvgIpc) is 2.55. The summed E-state index contributed by atoms with van der Waals surface area (Å²) in [7, 11) is -3.60. The van der Waals surface area contributed by atoms with Gasteiger partial charge >= 0.3 is 0 Å². The molecule has 0 radical (unpaired) electrons. The summed E-state index contributed by atoms with van der Waals surface area (Å²) in [5, 5.41) is 2.43. The predicted molar refractivity (Wildman–Crippen MR) is 92.8 cm³/mol. The molecule has 25 heavy (non-hydrogen) atoms. The van der Waals surface area contributed by atoms with Gasteiger partial charge < -0.3 is 10.1 Å².